The van der Waals surface area contributed by atoms with Gasteiger partial charge in [0, 0.05) is 30.0 Å². The highest BCUT2D eigenvalue weighted by Crippen LogP contribution is 2.27. The van der Waals surface area contributed by atoms with E-state index in [2.05, 4.69) is 44.5 Å². The SMILES string of the molecule is NC(=NCCc1c[nH]c2ncccc12)Nc1cccc2c1CCCC2. The molecule has 1 aliphatic carbocycles. The van der Waals surface area contributed by atoms with Crippen LogP contribution in [-0.4, -0.2) is 22.5 Å². The fraction of sp³-hybridized carbons (Fsp3) is 0.300. The molecule has 2 heterocycles. The third kappa shape index (κ3) is 3.36. The summed E-state index contributed by atoms with van der Waals surface area (Å²) in [6.07, 6.45) is 9.44. The van der Waals surface area contributed by atoms with E-state index < -0.39 is 0 Å². The summed E-state index contributed by atoms with van der Waals surface area (Å²) in [7, 11) is 0. The number of hydrogen-bond donors (Lipinski definition) is 3. The second-order valence-electron chi connectivity index (χ2n) is 6.51. The molecule has 5 nitrogen and oxygen atoms in total. The quantitative estimate of drug-likeness (QED) is 0.506. The zero-order valence-corrected chi connectivity index (χ0v) is 14.3. The average Bonchev–Trinajstić information content (AvgIpc) is 3.05. The van der Waals surface area contributed by atoms with Crippen LogP contribution in [0.2, 0.25) is 0 Å². The normalized spacial score (nSPS) is 14.5. The minimum Gasteiger partial charge on any atom is -0.370 e. The smallest absolute Gasteiger partial charge is 0.193 e. The van der Waals surface area contributed by atoms with Crippen molar-refractivity contribution < 1.29 is 0 Å². The highest BCUT2D eigenvalue weighted by molar-refractivity contribution is 5.93. The van der Waals surface area contributed by atoms with Crippen molar-refractivity contribution in [2.45, 2.75) is 32.1 Å². The Labute approximate surface area is 147 Å². The van der Waals surface area contributed by atoms with Crippen LogP contribution < -0.4 is 11.1 Å². The van der Waals surface area contributed by atoms with Crippen molar-refractivity contribution in [3.63, 3.8) is 0 Å². The molecule has 0 saturated heterocycles. The van der Waals surface area contributed by atoms with Gasteiger partial charge in [0.25, 0.3) is 0 Å². The molecule has 25 heavy (non-hydrogen) atoms. The zero-order chi connectivity index (χ0) is 17.1. The number of aromatic nitrogens is 2. The van der Waals surface area contributed by atoms with E-state index in [4.69, 9.17) is 5.73 Å². The molecule has 0 bridgehead atoms. The maximum atomic E-state index is 6.11. The summed E-state index contributed by atoms with van der Waals surface area (Å²) in [6, 6.07) is 10.4. The van der Waals surface area contributed by atoms with Gasteiger partial charge in [-0.2, -0.15) is 0 Å². The van der Waals surface area contributed by atoms with Crippen LogP contribution in [0.15, 0.2) is 47.7 Å². The summed E-state index contributed by atoms with van der Waals surface area (Å²) in [6.45, 7) is 0.649. The molecule has 1 aliphatic rings. The van der Waals surface area contributed by atoms with Gasteiger partial charge < -0.3 is 16.0 Å². The van der Waals surface area contributed by atoms with Crippen LogP contribution in [0.4, 0.5) is 5.69 Å². The largest absolute Gasteiger partial charge is 0.370 e. The van der Waals surface area contributed by atoms with E-state index in [1.807, 2.05) is 12.3 Å². The zero-order valence-electron chi connectivity index (χ0n) is 14.3. The lowest BCUT2D eigenvalue weighted by atomic mass is 9.90. The molecule has 4 N–H and O–H groups in total. The minimum absolute atomic E-state index is 0.483. The lowest BCUT2D eigenvalue weighted by molar-refractivity contribution is 0.687. The fourth-order valence-corrected chi connectivity index (χ4v) is 3.59. The van der Waals surface area contributed by atoms with E-state index in [9.17, 15) is 0 Å². The number of aliphatic imine (C=N–C) groups is 1. The molecule has 0 atom stereocenters. The van der Waals surface area contributed by atoms with E-state index >= 15 is 0 Å². The van der Waals surface area contributed by atoms with Gasteiger partial charge >= 0.3 is 0 Å². The number of hydrogen-bond acceptors (Lipinski definition) is 2. The topological polar surface area (TPSA) is 79.1 Å². The van der Waals surface area contributed by atoms with Gasteiger partial charge in [-0.3, -0.25) is 4.99 Å². The first-order chi connectivity index (χ1) is 12.3. The van der Waals surface area contributed by atoms with E-state index in [0.29, 0.717) is 12.5 Å². The molecule has 0 aliphatic heterocycles. The molecule has 0 fully saturated rings. The van der Waals surface area contributed by atoms with Crippen molar-refractivity contribution in [2.75, 3.05) is 11.9 Å². The number of aryl methyl sites for hydroxylation is 1. The highest BCUT2D eigenvalue weighted by atomic mass is 15.1. The predicted octanol–water partition coefficient (Wildman–Crippen LogP) is 3.41. The van der Waals surface area contributed by atoms with Crippen molar-refractivity contribution in [3.05, 3.63) is 59.4 Å². The molecule has 2 aromatic heterocycles. The van der Waals surface area contributed by atoms with Gasteiger partial charge in [-0.1, -0.05) is 12.1 Å². The second-order valence-corrected chi connectivity index (χ2v) is 6.51. The van der Waals surface area contributed by atoms with Crippen LogP contribution in [0.3, 0.4) is 0 Å². The number of anilines is 1. The van der Waals surface area contributed by atoms with Crippen molar-refractivity contribution >= 4 is 22.7 Å². The molecule has 3 aromatic rings. The van der Waals surface area contributed by atoms with Crippen molar-refractivity contribution in [1.82, 2.24) is 9.97 Å². The van der Waals surface area contributed by atoms with E-state index in [-0.39, 0.29) is 0 Å². The minimum atomic E-state index is 0.483. The van der Waals surface area contributed by atoms with Crippen molar-refractivity contribution in [2.24, 2.45) is 10.7 Å². The molecule has 4 rings (SSSR count). The maximum Gasteiger partial charge on any atom is 0.193 e. The lowest BCUT2D eigenvalue weighted by Gasteiger charge is -2.19. The van der Waals surface area contributed by atoms with Gasteiger partial charge in [-0.05, 0) is 67.0 Å². The van der Waals surface area contributed by atoms with Gasteiger partial charge in [0.2, 0.25) is 0 Å². The Morgan fingerprint density at radius 2 is 2.12 bits per heavy atom. The molecular formula is C20H23N5. The van der Waals surface area contributed by atoms with E-state index in [0.717, 1.165) is 36.0 Å². The predicted molar refractivity (Wildman–Crippen MR) is 103 cm³/mol. The number of nitrogens with two attached hydrogens (primary N) is 1. The Kier molecular flexibility index (Phi) is 4.37. The van der Waals surface area contributed by atoms with Gasteiger partial charge in [-0.15, -0.1) is 0 Å². The Morgan fingerprint density at radius 3 is 3.08 bits per heavy atom. The molecule has 0 saturated carbocycles. The standard InChI is InChI=1S/C20H23N5/c21-20(25-18-9-3-6-14-5-1-2-7-16(14)18)23-12-10-15-13-24-19-17(15)8-4-11-22-19/h3-4,6,8-9,11,13H,1-2,5,7,10,12H2,(H,22,24)(H3,21,23,25). The molecular weight excluding hydrogens is 310 g/mol. The Hall–Kier alpha value is -2.82. The Bertz CT molecular complexity index is 909. The summed E-state index contributed by atoms with van der Waals surface area (Å²) < 4.78 is 0. The van der Waals surface area contributed by atoms with Crippen molar-refractivity contribution in [1.29, 1.82) is 0 Å². The number of benzene rings is 1. The monoisotopic (exact) mass is 333 g/mol. The summed E-state index contributed by atoms with van der Waals surface area (Å²) in [5.74, 6) is 0.483. The molecule has 0 spiro atoms. The van der Waals surface area contributed by atoms with Gasteiger partial charge in [-0.25, -0.2) is 4.98 Å². The van der Waals surface area contributed by atoms with Crippen molar-refractivity contribution in [3.8, 4) is 0 Å². The summed E-state index contributed by atoms with van der Waals surface area (Å²) in [4.78, 5) is 12.0. The summed E-state index contributed by atoms with van der Waals surface area (Å²) >= 11 is 0. The number of fused-ring (bicyclic) bond motifs is 2. The molecule has 0 unspecified atom stereocenters. The number of H-pyrrole nitrogens is 1. The first-order valence-corrected chi connectivity index (χ1v) is 8.90. The van der Waals surface area contributed by atoms with Crippen LogP contribution in [0.25, 0.3) is 11.0 Å². The highest BCUT2D eigenvalue weighted by Gasteiger charge is 2.13. The van der Waals surface area contributed by atoms with Gasteiger partial charge in [0.05, 0.1) is 0 Å². The van der Waals surface area contributed by atoms with Crippen LogP contribution in [0, 0.1) is 0 Å². The van der Waals surface area contributed by atoms with Gasteiger partial charge in [0.1, 0.15) is 5.65 Å². The third-order valence-electron chi connectivity index (χ3n) is 4.86. The average molecular weight is 333 g/mol. The van der Waals surface area contributed by atoms with Gasteiger partial charge in [0.15, 0.2) is 5.96 Å². The summed E-state index contributed by atoms with van der Waals surface area (Å²) in [5.41, 5.74) is 12.2. The summed E-state index contributed by atoms with van der Waals surface area (Å²) in [5, 5.41) is 4.45. The number of pyridine rings is 1. The maximum absolute atomic E-state index is 6.11. The second kappa shape index (κ2) is 6.97. The third-order valence-corrected chi connectivity index (χ3v) is 4.86. The van der Waals surface area contributed by atoms with E-state index in [1.54, 1.807) is 6.20 Å². The molecule has 0 radical (unpaired) electrons. The fourth-order valence-electron chi connectivity index (χ4n) is 3.59. The first-order valence-electron chi connectivity index (χ1n) is 8.90. The number of nitrogens with one attached hydrogen (secondary N) is 2. The van der Waals surface area contributed by atoms with Crippen LogP contribution >= 0.6 is 0 Å². The Balaban J connectivity index is 1.42. The lowest BCUT2D eigenvalue weighted by Crippen LogP contribution is -2.24. The van der Waals surface area contributed by atoms with Crippen LogP contribution in [-0.2, 0) is 19.3 Å². The number of guanidine groups is 1. The number of aromatic amines is 1. The number of nitrogens with zero attached hydrogens (tertiary/aromatic N) is 2. The van der Waals surface area contributed by atoms with E-state index in [1.165, 1.54) is 29.5 Å². The molecule has 0 amide bonds. The number of rotatable bonds is 4. The first kappa shape index (κ1) is 15.7. The molecule has 128 valence electrons. The molecule has 1 aromatic carbocycles. The van der Waals surface area contributed by atoms with Crippen LogP contribution in [0.5, 0.6) is 0 Å². The Morgan fingerprint density at radius 1 is 1.20 bits per heavy atom. The van der Waals surface area contributed by atoms with Crippen LogP contribution in [0.1, 0.15) is 29.5 Å². The molecule has 5 heteroatoms.